The first-order valence-corrected chi connectivity index (χ1v) is 6.86. The fourth-order valence-corrected chi connectivity index (χ4v) is 3.14. The van der Waals surface area contributed by atoms with E-state index in [4.69, 9.17) is 0 Å². The Bertz CT molecular complexity index is 708. The van der Waals surface area contributed by atoms with Gasteiger partial charge in [0.2, 0.25) is 5.78 Å². The number of hydrogen-bond acceptors (Lipinski definition) is 2. The third-order valence-electron chi connectivity index (χ3n) is 3.17. The molecule has 18 heavy (non-hydrogen) atoms. The molecule has 0 fully saturated rings. The van der Waals surface area contributed by atoms with Crippen molar-refractivity contribution in [3.05, 3.63) is 57.9 Å². The lowest BCUT2D eigenvalue weighted by molar-refractivity contribution is 0.104. The maximum absolute atomic E-state index is 12.6. The molecule has 2 heterocycles. The minimum atomic E-state index is 0.124. The van der Waals surface area contributed by atoms with E-state index in [9.17, 15) is 4.79 Å². The Hall–Kier alpha value is -1.87. The maximum atomic E-state index is 12.6. The molecular weight excluding hydrogens is 242 g/mol. The van der Waals surface area contributed by atoms with Gasteiger partial charge >= 0.3 is 0 Å². The summed E-state index contributed by atoms with van der Waals surface area (Å²) in [6.45, 7) is 2.08. The van der Waals surface area contributed by atoms with Gasteiger partial charge in [-0.2, -0.15) is 0 Å². The van der Waals surface area contributed by atoms with Gasteiger partial charge in [-0.1, -0.05) is 25.1 Å². The number of H-pyrrole nitrogens is 1. The van der Waals surface area contributed by atoms with Crippen molar-refractivity contribution in [3.63, 3.8) is 0 Å². The fraction of sp³-hybridized carbons (Fsp3) is 0.133. The zero-order chi connectivity index (χ0) is 12.5. The van der Waals surface area contributed by atoms with Crippen LogP contribution < -0.4 is 0 Å². The molecule has 1 aromatic carbocycles. The highest BCUT2D eigenvalue weighted by atomic mass is 32.1. The quantitative estimate of drug-likeness (QED) is 0.704. The average Bonchev–Trinajstić information content (AvgIpc) is 3.04. The number of thiophene rings is 1. The topological polar surface area (TPSA) is 32.9 Å². The molecule has 0 unspecified atom stereocenters. The van der Waals surface area contributed by atoms with Crippen LogP contribution in [0.5, 0.6) is 0 Å². The van der Waals surface area contributed by atoms with Crippen LogP contribution in [0, 0.1) is 0 Å². The number of aryl methyl sites for hydroxylation is 1. The first-order valence-electron chi connectivity index (χ1n) is 5.98. The van der Waals surface area contributed by atoms with Gasteiger partial charge in [0.05, 0.1) is 4.88 Å². The van der Waals surface area contributed by atoms with Gasteiger partial charge in [0.1, 0.15) is 0 Å². The van der Waals surface area contributed by atoms with Gasteiger partial charge in [-0.25, -0.2) is 0 Å². The molecule has 90 valence electrons. The van der Waals surface area contributed by atoms with Crippen molar-refractivity contribution >= 4 is 28.0 Å². The van der Waals surface area contributed by atoms with E-state index in [2.05, 4.69) is 11.9 Å². The third-order valence-corrected chi connectivity index (χ3v) is 4.12. The van der Waals surface area contributed by atoms with Crippen LogP contribution in [0.2, 0.25) is 0 Å². The minimum Gasteiger partial charge on any atom is -0.360 e. The number of ketones is 1. The molecule has 3 rings (SSSR count). The summed E-state index contributed by atoms with van der Waals surface area (Å²) in [6.07, 6.45) is 2.71. The summed E-state index contributed by atoms with van der Waals surface area (Å²) in [5.74, 6) is 0.124. The molecule has 3 aromatic rings. The number of carbonyl (C=O) groups excluding carboxylic acids is 1. The Morgan fingerprint density at radius 1 is 1.28 bits per heavy atom. The van der Waals surface area contributed by atoms with E-state index < -0.39 is 0 Å². The van der Waals surface area contributed by atoms with Crippen LogP contribution in [0.25, 0.3) is 10.9 Å². The molecule has 0 aliphatic heterocycles. The molecule has 0 radical (unpaired) electrons. The lowest BCUT2D eigenvalue weighted by atomic mass is 10.1. The lowest BCUT2D eigenvalue weighted by Gasteiger charge is -1.99. The monoisotopic (exact) mass is 255 g/mol. The molecule has 3 heteroatoms. The molecule has 0 amide bonds. The third kappa shape index (κ3) is 1.68. The van der Waals surface area contributed by atoms with Crippen LogP contribution in [-0.4, -0.2) is 10.8 Å². The van der Waals surface area contributed by atoms with Crippen molar-refractivity contribution in [2.45, 2.75) is 13.3 Å². The number of rotatable bonds is 3. The highest BCUT2D eigenvalue weighted by Gasteiger charge is 2.17. The standard InChI is InChI=1S/C15H13NOS/c1-2-10-7-8-18-15(10)14(17)12-9-16-13-6-4-3-5-11(12)13/h3-9,16H,2H2,1H3. The smallest absolute Gasteiger partial charge is 0.205 e. The van der Waals surface area contributed by atoms with Crippen molar-refractivity contribution < 1.29 is 4.79 Å². The molecule has 2 aromatic heterocycles. The number of fused-ring (bicyclic) bond motifs is 1. The highest BCUT2D eigenvalue weighted by molar-refractivity contribution is 7.12. The molecule has 0 bridgehead atoms. The minimum absolute atomic E-state index is 0.124. The summed E-state index contributed by atoms with van der Waals surface area (Å²) < 4.78 is 0. The number of carbonyl (C=O) groups is 1. The maximum Gasteiger partial charge on any atom is 0.205 e. The number of hydrogen-bond donors (Lipinski definition) is 1. The van der Waals surface area contributed by atoms with Crippen LogP contribution in [0.4, 0.5) is 0 Å². The largest absolute Gasteiger partial charge is 0.360 e. The van der Waals surface area contributed by atoms with Crippen molar-refractivity contribution in [1.29, 1.82) is 0 Å². The fourth-order valence-electron chi connectivity index (χ4n) is 2.20. The number of benzene rings is 1. The Kier molecular flexibility index (Phi) is 2.76. The summed E-state index contributed by atoms with van der Waals surface area (Å²) >= 11 is 1.53. The number of para-hydroxylation sites is 1. The van der Waals surface area contributed by atoms with E-state index in [1.54, 1.807) is 0 Å². The SMILES string of the molecule is CCc1ccsc1C(=O)c1c[nH]c2ccccc12. The van der Waals surface area contributed by atoms with E-state index in [0.717, 1.165) is 33.3 Å². The van der Waals surface area contributed by atoms with Gasteiger partial charge in [-0.05, 0) is 29.5 Å². The van der Waals surface area contributed by atoms with Gasteiger partial charge in [0, 0.05) is 22.7 Å². The van der Waals surface area contributed by atoms with Gasteiger partial charge in [-0.15, -0.1) is 11.3 Å². The first kappa shape index (κ1) is 11.2. The molecule has 0 atom stereocenters. The summed E-state index contributed by atoms with van der Waals surface area (Å²) in [4.78, 5) is 16.6. The van der Waals surface area contributed by atoms with E-state index in [1.165, 1.54) is 11.3 Å². The summed E-state index contributed by atoms with van der Waals surface area (Å²) in [5.41, 5.74) is 2.91. The zero-order valence-corrected chi connectivity index (χ0v) is 10.9. The summed E-state index contributed by atoms with van der Waals surface area (Å²) in [5, 5.41) is 2.99. The van der Waals surface area contributed by atoms with Crippen molar-refractivity contribution in [2.75, 3.05) is 0 Å². The van der Waals surface area contributed by atoms with E-state index in [-0.39, 0.29) is 5.78 Å². The Morgan fingerprint density at radius 2 is 2.11 bits per heavy atom. The number of nitrogens with one attached hydrogen (secondary N) is 1. The van der Waals surface area contributed by atoms with E-state index in [0.29, 0.717) is 0 Å². The second-order valence-corrected chi connectivity index (χ2v) is 5.12. The zero-order valence-electron chi connectivity index (χ0n) is 10.1. The van der Waals surface area contributed by atoms with Crippen LogP contribution in [0.3, 0.4) is 0 Å². The van der Waals surface area contributed by atoms with Gasteiger partial charge in [-0.3, -0.25) is 4.79 Å². The van der Waals surface area contributed by atoms with Crippen molar-refractivity contribution in [2.24, 2.45) is 0 Å². The molecule has 0 saturated carbocycles. The Balaban J connectivity index is 2.13. The first-order chi connectivity index (χ1) is 8.81. The Morgan fingerprint density at radius 3 is 2.94 bits per heavy atom. The van der Waals surface area contributed by atoms with Crippen molar-refractivity contribution in [3.8, 4) is 0 Å². The second kappa shape index (κ2) is 4.42. The van der Waals surface area contributed by atoms with Crippen LogP contribution >= 0.6 is 11.3 Å². The molecule has 2 nitrogen and oxygen atoms in total. The predicted molar refractivity (Wildman–Crippen MR) is 75.4 cm³/mol. The number of aromatic amines is 1. The van der Waals surface area contributed by atoms with Gasteiger partial charge < -0.3 is 4.98 Å². The van der Waals surface area contributed by atoms with E-state index >= 15 is 0 Å². The van der Waals surface area contributed by atoms with Crippen molar-refractivity contribution in [1.82, 2.24) is 4.98 Å². The lowest BCUT2D eigenvalue weighted by Crippen LogP contribution is -2.00. The molecule has 0 spiro atoms. The highest BCUT2D eigenvalue weighted by Crippen LogP contribution is 2.25. The van der Waals surface area contributed by atoms with E-state index in [1.807, 2.05) is 41.9 Å². The van der Waals surface area contributed by atoms with Gasteiger partial charge in [0.25, 0.3) is 0 Å². The molecule has 1 N–H and O–H groups in total. The predicted octanol–water partition coefficient (Wildman–Crippen LogP) is 4.02. The molecule has 0 aliphatic rings. The summed E-state index contributed by atoms with van der Waals surface area (Å²) in [7, 11) is 0. The van der Waals surface area contributed by atoms with Crippen LogP contribution in [0.1, 0.15) is 27.7 Å². The van der Waals surface area contributed by atoms with Gasteiger partial charge in [0.15, 0.2) is 0 Å². The van der Waals surface area contributed by atoms with Crippen LogP contribution in [-0.2, 0) is 6.42 Å². The normalized spacial score (nSPS) is 10.9. The van der Waals surface area contributed by atoms with Crippen LogP contribution in [0.15, 0.2) is 41.9 Å². The molecule has 0 aliphatic carbocycles. The Labute approximate surface area is 109 Å². The average molecular weight is 255 g/mol. The summed E-state index contributed by atoms with van der Waals surface area (Å²) in [6, 6.07) is 9.93. The molecule has 0 saturated heterocycles. The second-order valence-electron chi connectivity index (χ2n) is 4.21. The number of aromatic nitrogens is 1. The molecular formula is C15H13NOS.